The number of nitrogens with one attached hydrogen (secondary N) is 1. The zero-order valence-electron chi connectivity index (χ0n) is 21.4. The van der Waals surface area contributed by atoms with Crippen LogP contribution < -0.4 is 20.0 Å². The highest BCUT2D eigenvalue weighted by Gasteiger charge is 2.32. The van der Waals surface area contributed by atoms with Gasteiger partial charge in [0.25, 0.3) is 0 Å². The predicted molar refractivity (Wildman–Crippen MR) is 145 cm³/mol. The van der Waals surface area contributed by atoms with Gasteiger partial charge in [0.05, 0.1) is 5.56 Å². The molecule has 2 saturated heterocycles. The van der Waals surface area contributed by atoms with Gasteiger partial charge in [0.15, 0.2) is 0 Å². The number of benzene rings is 2. The van der Waals surface area contributed by atoms with E-state index in [1.165, 1.54) is 36.0 Å². The van der Waals surface area contributed by atoms with Crippen LogP contribution in [0.2, 0.25) is 0 Å². The lowest BCUT2D eigenvalue weighted by Gasteiger charge is -2.38. The molecule has 0 radical (unpaired) electrons. The number of aryl methyl sites for hydroxylation is 2. The van der Waals surface area contributed by atoms with E-state index in [0.29, 0.717) is 5.69 Å². The van der Waals surface area contributed by atoms with Gasteiger partial charge < -0.3 is 20.0 Å². The SMILES string of the molecule is Cc1ccc(N2CCN(c3ccnc(N4CCC(Nc5ccc(C)c(C(F)(F)F)c5)CC4)c3)CC2)cc1. The molecule has 2 fully saturated rings. The molecule has 0 atom stereocenters. The van der Waals surface area contributed by atoms with Gasteiger partial charge in [0.2, 0.25) is 0 Å². The number of halogens is 3. The fourth-order valence-electron chi connectivity index (χ4n) is 5.26. The fraction of sp³-hybridized carbons (Fsp3) is 0.414. The van der Waals surface area contributed by atoms with Crippen LogP contribution in [0.5, 0.6) is 0 Å². The summed E-state index contributed by atoms with van der Waals surface area (Å²) in [5.74, 6) is 0.964. The molecule has 2 aliphatic rings. The first-order chi connectivity index (χ1) is 17.8. The van der Waals surface area contributed by atoms with E-state index in [1.54, 1.807) is 6.07 Å². The number of piperidine rings is 1. The van der Waals surface area contributed by atoms with Crippen LogP contribution in [0.3, 0.4) is 0 Å². The number of nitrogens with zero attached hydrogens (tertiary/aromatic N) is 4. The molecule has 3 heterocycles. The minimum atomic E-state index is -4.34. The molecule has 0 aliphatic carbocycles. The van der Waals surface area contributed by atoms with Crippen molar-refractivity contribution in [3.8, 4) is 0 Å². The summed E-state index contributed by atoms with van der Waals surface area (Å²) in [4.78, 5) is 11.8. The number of pyridine rings is 1. The summed E-state index contributed by atoms with van der Waals surface area (Å²) in [6, 6.07) is 17.6. The summed E-state index contributed by atoms with van der Waals surface area (Å²) in [6.07, 6.45) is -0.770. The Labute approximate surface area is 216 Å². The number of rotatable bonds is 5. The highest BCUT2D eigenvalue weighted by atomic mass is 19.4. The molecule has 3 aromatic rings. The van der Waals surface area contributed by atoms with Crippen molar-refractivity contribution in [3.05, 3.63) is 77.5 Å². The van der Waals surface area contributed by atoms with E-state index in [0.717, 1.165) is 57.9 Å². The largest absolute Gasteiger partial charge is 0.416 e. The third kappa shape index (κ3) is 5.95. The van der Waals surface area contributed by atoms with Crippen LogP contribution in [0.25, 0.3) is 0 Å². The number of hydrogen-bond acceptors (Lipinski definition) is 5. The van der Waals surface area contributed by atoms with Gasteiger partial charge in [-0.15, -0.1) is 0 Å². The second kappa shape index (κ2) is 10.5. The van der Waals surface area contributed by atoms with Crippen molar-refractivity contribution in [2.24, 2.45) is 0 Å². The molecule has 0 unspecified atom stereocenters. The average molecular weight is 510 g/mol. The molecule has 5 rings (SSSR count). The predicted octanol–water partition coefficient (Wildman–Crippen LogP) is 6.12. The lowest BCUT2D eigenvalue weighted by atomic mass is 10.0. The maximum Gasteiger partial charge on any atom is 0.416 e. The van der Waals surface area contributed by atoms with E-state index < -0.39 is 11.7 Å². The highest BCUT2D eigenvalue weighted by molar-refractivity contribution is 5.57. The normalized spacial score (nSPS) is 17.3. The highest BCUT2D eigenvalue weighted by Crippen LogP contribution is 2.34. The topological polar surface area (TPSA) is 34.6 Å². The van der Waals surface area contributed by atoms with Crippen LogP contribution in [0.15, 0.2) is 60.8 Å². The molecule has 2 aromatic carbocycles. The van der Waals surface area contributed by atoms with Crippen LogP contribution in [-0.4, -0.2) is 50.3 Å². The zero-order chi connectivity index (χ0) is 26.0. The van der Waals surface area contributed by atoms with Gasteiger partial charge in [-0.05, 0) is 62.6 Å². The maximum atomic E-state index is 13.3. The third-order valence-corrected chi connectivity index (χ3v) is 7.51. The molecule has 5 nitrogen and oxygen atoms in total. The van der Waals surface area contributed by atoms with E-state index in [9.17, 15) is 13.2 Å². The van der Waals surface area contributed by atoms with Gasteiger partial charge in [0.1, 0.15) is 5.82 Å². The van der Waals surface area contributed by atoms with Crippen LogP contribution in [0, 0.1) is 13.8 Å². The van der Waals surface area contributed by atoms with Crippen LogP contribution in [0.4, 0.5) is 36.1 Å². The summed E-state index contributed by atoms with van der Waals surface area (Å²) >= 11 is 0. The molecule has 0 saturated carbocycles. The number of hydrogen-bond donors (Lipinski definition) is 1. The number of piperazine rings is 1. The second-order valence-corrected chi connectivity index (χ2v) is 10.1. The summed E-state index contributed by atoms with van der Waals surface area (Å²) in [5.41, 5.74) is 3.94. The lowest BCUT2D eigenvalue weighted by molar-refractivity contribution is -0.138. The smallest absolute Gasteiger partial charge is 0.382 e. The molecular weight excluding hydrogens is 475 g/mol. The monoisotopic (exact) mass is 509 g/mol. The Hall–Kier alpha value is -3.42. The van der Waals surface area contributed by atoms with Crippen molar-refractivity contribution in [2.75, 3.05) is 59.3 Å². The molecule has 196 valence electrons. The minimum Gasteiger partial charge on any atom is -0.382 e. The molecule has 0 spiro atoms. The van der Waals surface area contributed by atoms with Gasteiger partial charge >= 0.3 is 6.18 Å². The van der Waals surface area contributed by atoms with Gasteiger partial charge in [-0.1, -0.05) is 23.8 Å². The quantitative estimate of drug-likeness (QED) is 0.448. The second-order valence-electron chi connectivity index (χ2n) is 10.1. The maximum absolute atomic E-state index is 13.3. The molecule has 8 heteroatoms. The molecule has 0 amide bonds. The summed E-state index contributed by atoms with van der Waals surface area (Å²) in [5, 5.41) is 3.32. The summed E-state index contributed by atoms with van der Waals surface area (Å²) in [6.45, 7) is 9.11. The first-order valence-electron chi connectivity index (χ1n) is 13.0. The van der Waals surface area contributed by atoms with Crippen molar-refractivity contribution in [2.45, 2.75) is 38.9 Å². The summed E-state index contributed by atoms with van der Waals surface area (Å²) in [7, 11) is 0. The molecule has 37 heavy (non-hydrogen) atoms. The Bertz CT molecular complexity index is 1190. The fourth-order valence-corrected chi connectivity index (χ4v) is 5.26. The van der Waals surface area contributed by atoms with Crippen molar-refractivity contribution >= 4 is 22.9 Å². The standard InChI is InChI=1S/C29H34F3N5/c1-21-3-7-25(8-4-21)35-15-17-36(18-16-35)26-9-12-33-28(20-26)37-13-10-23(11-14-37)34-24-6-5-22(2)27(19-24)29(30,31)32/h3-9,12,19-20,23,34H,10-11,13-18H2,1-2H3. The molecule has 1 N–H and O–H groups in total. The lowest BCUT2D eigenvalue weighted by Crippen LogP contribution is -2.46. The Morgan fingerprint density at radius 3 is 2.05 bits per heavy atom. The van der Waals surface area contributed by atoms with Gasteiger partial charge in [-0.3, -0.25) is 0 Å². The molecule has 0 bridgehead atoms. The van der Waals surface area contributed by atoms with E-state index in [1.807, 2.05) is 6.20 Å². The van der Waals surface area contributed by atoms with Crippen molar-refractivity contribution in [1.82, 2.24) is 4.98 Å². The minimum absolute atomic E-state index is 0.137. The van der Waals surface area contributed by atoms with Crippen molar-refractivity contribution < 1.29 is 13.2 Å². The first-order valence-corrected chi connectivity index (χ1v) is 13.0. The van der Waals surface area contributed by atoms with Crippen LogP contribution >= 0.6 is 0 Å². The Balaban J connectivity index is 1.16. The molecule has 2 aliphatic heterocycles. The van der Waals surface area contributed by atoms with E-state index in [-0.39, 0.29) is 11.6 Å². The third-order valence-electron chi connectivity index (χ3n) is 7.51. The van der Waals surface area contributed by atoms with E-state index >= 15 is 0 Å². The summed E-state index contributed by atoms with van der Waals surface area (Å²) < 4.78 is 39.8. The number of aromatic nitrogens is 1. The average Bonchev–Trinajstić information content (AvgIpc) is 2.90. The number of alkyl halides is 3. The van der Waals surface area contributed by atoms with Gasteiger partial charge in [0, 0.05) is 74.6 Å². The van der Waals surface area contributed by atoms with Gasteiger partial charge in [-0.25, -0.2) is 4.98 Å². The Kier molecular flexibility index (Phi) is 7.17. The number of anilines is 4. The zero-order valence-corrected chi connectivity index (χ0v) is 21.4. The van der Waals surface area contributed by atoms with Gasteiger partial charge in [-0.2, -0.15) is 13.2 Å². The van der Waals surface area contributed by atoms with Crippen LogP contribution in [-0.2, 0) is 6.18 Å². The van der Waals surface area contributed by atoms with E-state index in [2.05, 4.69) is 68.3 Å². The Morgan fingerprint density at radius 2 is 1.41 bits per heavy atom. The Morgan fingerprint density at radius 1 is 0.757 bits per heavy atom. The van der Waals surface area contributed by atoms with E-state index in [4.69, 9.17) is 0 Å². The molecule has 1 aromatic heterocycles. The first kappa shape index (κ1) is 25.2. The van der Waals surface area contributed by atoms with Crippen LogP contribution in [0.1, 0.15) is 29.5 Å². The molecular formula is C29H34F3N5. The van der Waals surface area contributed by atoms with Crippen molar-refractivity contribution in [1.29, 1.82) is 0 Å². The van der Waals surface area contributed by atoms with Crippen molar-refractivity contribution in [3.63, 3.8) is 0 Å².